The van der Waals surface area contributed by atoms with E-state index < -0.39 is 5.97 Å². The van der Waals surface area contributed by atoms with Crippen LogP contribution in [0.4, 0.5) is 5.69 Å². The number of carbonyl (C=O) groups is 2. The van der Waals surface area contributed by atoms with Crippen molar-refractivity contribution < 1.29 is 14.7 Å². The van der Waals surface area contributed by atoms with Gasteiger partial charge in [0, 0.05) is 11.0 Å². The second kappa shape index (κ2) is 5.49. The summed E-state index contributed by atoms with van der Waals surface area (Å²) in [6, 6.07) is 4.54. The van der Waals surface area contributed by atoms with E-state index in [1.807, 2.05) is 0 Å². The molecule has 6 heteroatoms. The molecule has 0 aliphatic carbocycles. The van der Waals surface area contributed by atoms with Gasteiger partial charge in [0.2, 0.25) is 5.91 Å². The molecular formula is C12H13BrN2O3. The quantitative estimate of drug-likeness (QED) is 0.793. The first-order valence-corrected chi connectivity index (χ1v) is 6.41. The predicted molar refractivity (Wildman–Crippen MR) is 70.7 cm³/mol. The van der Waals surface area contributed by atoms with Crippen LogP contribution in [0.2, 0.25) is 0 Å². The van der Waals surface area contributed by atoms with E-state index in [0.29, 0.717) is 16.7 Å². The molecule has 0 bridgehead atoms. The van der Waals surface area contributed by atoms with Gasteiger partial charge in [0.25, 0.3) is 0 Å². The highest BCUT2D eigenvalue weighted by molar-refractivity contribution is 9.10. The molecule has 18 heavy (non-hydrogen) atoms. The number of halogens is 1. The summed E-state index contributed by atoms with van der Waals surface area (Å²) < 4.78 is 0.571. The Balaban J connectivity index is 2.09. The number of carboxylic acid groups (broad SMARTS) is 1. The molecule has 96 valence electrons. The van der Waals surface area contributed by atoms with Crippen LogP contribution in [0.3, 0.4) is 0 Å². The second-order valence-corrected chi connectivity index (χ2v) is 5.03. The van der Waals surface area contributed by atoms with Gasteiger partial charge in [-0.2, -0.15) is 0 Å². The zero-order chi connectivity index (χ0) is 13.1. The molecule has 2 rings (SSSR count). The minimum atomic E-state index is -0.992. The molecule has 1 atom stereocenters. The van der Waals surface area contributed by atoms with Crippen LogP contribution in [-0.2, 0) is 4.79 Å². The third-order valence-electron chi connectivity index (χ3n) is 2.91. The molecule has 0 saturated carbocycles. The van der Waals surface area contributed by atoms with Crippen molar-refractivity contribution in [3.05, 3.63) is 28.2 Å². The molecule has 3 N–H and O–H groups in total. The van der Waals surface area contributed by atoms with Crippen LogP contribution in [0, 0.1) is 5.92 Å². The maximum absolute atomic E-state index is 11.9. The summed E-state index contributed by atoms with van der Waals surface area (Å²) in [7, 11) is 0. The monoisotopic (exact) mass is 312 g/mol. The number of hydrogen-bond donors (Lipinski definition) is 3. The van der Waals surface area contributed by atoms with E-state index >= 15 is 0 Å². The van der Waals surface area contributed by atoms with Gasteiger partial charge in [-0.05, 0) is 47.1 Å². The van der Waals surface area contributed by atoms with Crippen LogP contribution >= 0.6 is 15.9 Å². The standard InChI is InChI=1S/C12H13BrN2O3/c13-9-5-7(12(17)18)1-2-10(9)15-11(16)8-3-4-14-6-8/h1-2,5,8,14H,3-4,6H2,(H,15,16)(H,17,18). The largest absolute Gasteiger partial charge is 0.478 e. The number of benzene rings is 1. The Labute approximate surface area is 113 Å². The van der Waals surface area contributed by atoms with Crippen LogP contribution in [-0.4, -0.2) is 30.1 Å². The number of rotatable bonds is 3. The summed E-state index contributed by atoms with van der Waals surface area (Å²) in [4.78, 5) is 22.7. The highest BCUT2D eigenvalue weighted by atomic mass is 79.9. The number of aromatic carboxylic acids is 1. The van der Waals surface area contributed by atoms with E-state index in [0.717, 1.165) is 13.0 Å². The van der Waals surface area contributed by atoms with E-state index in [1.165, 1.54) is 12.1 Å². The van der Waals surface area contributed by atoms with E-state index in [2.05, 4.69) is 26.6 Å². The first kappa shape index (κ1) is 13.0. The fourth-order valence-corrected chi connectivity index (χ4v) is 2.34. The van der Waals surface area contributed by atoms with Crippen LogP contribution in [0.25, 0.3) is 0 Å². The Kier molecular flexibility index (Phi) is 3.98. The number of hydrogen-bond acceptors (Lipinski definition) is 3. The zero-order valence-electron chi connectivity index (χ0n) is 9.57. The van der Waals surface area contributed by atoms with Crippen molar-refractivity contribution in [2.24, 2.45) is 5.92 Å². The lowest BCUT2D eigenvalue weighted by Crippen LogP contribution is -2.24. The van der Waals surface area contributed by atoms with Crippen molar-refractivity contribution >= 4 is 33.5 Å². The van der Waals surface area contributed by atoms with Crippen molar-refractivity contribution in [2.75, 3.05) is 18.4 Å². The van der Waals surface area contributed by atoms with Crippen LogP contribution in [0.5, 0.6) is 0 Å². The lowest BCUT2D eigenvalue weighted by Gasteiger charge is -2.11. The molecule has 1 heterocycles. The van der Waals surface area contributed by atoms with Gasteiger partial charge in [-0.15, -0.1) is 0 Å². The van der Waals surface area contributed by atoms with E-state index in [9.17, 15) is 9.59 Å². The average Bonchev–Trinajstić information content (AvgIpc) is 2.85. The highest BCUT2D eigenvalue weighted by Gasteiger charge is 2.22. The summed E-state index contributed by atoms with van der Waals surface area (Å²) in [5.74, 6) is -1.05. The molecule has 1 aliphatic rings. The Hall–Kier alpha value is -1.40. The van der Waals surface area contributed by atoms with Gasteiger partial charge in [-0.1, -0.05) is 0 Å². The molecule has 5 nitrogen and oxygen atoms in total. The first-order chi connectivity index (χ1) is 8.58. The van der Waals surface area contributed by atoms with Gasteiger partial charge < -0.3 is 15.7 Å². The SMILES string of the molecule is O=C(O)c1ccc(NC(=O)C2CCNC2)c(Br)c1. The van der Waals surface area contributed by atoms with Gasteiger partial charge in [0.05, 0.1) is 17.2 Å². The third kappa shape index (κ3) is 2.88. The van der Waals surface area contributed by atoms with Crippen LogP contribution < -0.4 is 10.6 Å². The highest BCUT2D eigenvalue weighted by Crippen LogP contribution is 2.24. The van der Waals surface area contributed by atoms with Crippen molar-refractivity contribution in [1.29, 1.82) is 0 Å². The number of carbonyl (C=O) groups excluding carboxylic acids is 1. The van der Waals surface area contributed by atoms with E-state index in [-0.39, 0.29) is 17.4 Å². The number of anilines is 1. The fraction of sp³-hybridized carbons (Fsp3) is 0.333. The molecule has 1 aromatic rings. The maximum atomic E-state index is 11.9. The lowest BCUT2D eigenvalue weighted by molar-refractivity contribution is -0.119. The summed E-state index contributed by atoms with van der Waals surface area (Å²) in [5.41, 5.74) is 0.777. The molecule has 1 aliphatic heterocycles. The Morgan fingerprint density at radius 2 is 2.22 bits per heavy atom. The summed E-state index contributed by atoms with van der Waals surface area (Å²) >= 11 is 3.26. The summed E-state index contributed by atoms with van der Waals surface area (Å²) in [6.45, 7) is 1.55. The zero-order valence-corrected chi connectivity index (χ0v) is 11.2. The second-order valence-electron chi connectivity index (χ2n) is 4.18. The maximum Gasteiger partial charge on any atom is 0.335 e. The molecule has 0 aromatic heterocycles. The summed E-state index contributed by atoms with van der Waals surface area (Å²) in [5, 5.41) is 14.8. The summed E-state index contributed by atoms with van der Waals surface area (Å²) in [6.07, 6.45) is 0.830. The Bertz CT molecular complexity index is 484. The molecule has 1 unspecified atom stereocenters. The van der Waals surface area contributed by atoms with E-state index in [1.54, 1.807) is 6.07 Å². The van der Waals surface area contributed by atoms with Crippen molar-refractivity contribution in [3.8, 4) is 0 Å². The predicted octanol–water partition coefficient (Wildman–Crippen LogP) is 1.70. The number of amides is 1. The van der Waals surface area contributed by atoms with Crippen molar-refractivity contribution in [3.63, 3.8) is 0 Å². The average molecular weight is 313 g/mol. The normalized spacial score (nSPS) is 18.6. The molecule has 0 radical (unpaired) electrons. The van der Waals surface area contributed by atoms with Gasteiger partial charge >= 0.3 is 5.97 Å². The van der Waals surface area contributed by atoms with Crippen LogP contribution in [0.15, 0.2) is 22.7 Å². The van der Waals surface area contributed by atoms with Gasteiger partial charge in [-0.3, -0.25) is 4.79 Å². The van der Waals surface area contributed by atoms with E-state index in [4.69, 9.17) is 5.11 Å². The van der Waals surface area contributed by atoms with Gasteiger partial charge in [-0.25, -0.2) is 4.79 Å². The Morgan fingerprint density at radius 3 is 2.78 bits per heavy atom. The fourth-order valence-electron chi connectivity index (χ4n) is 1.86. The lowest BCUT2D eigenvalue weighted by atomic mass is 10.1. The first-order valence-electron chi connectivity index (χ1n) is 5.62. The molecular weight excluding hydrogens is 300 g/mol. The van der Waals surface area contributed by atoms with Gasteiger partial charge in [0.1, 0.15) is 0 Å². The third-order valence-corrected chi connectivity index (χ3v) is 3.56. The topological polar surface area (TPSA) is 78.4 Å². The van der Waals surface area contributed by atoms with Crippen molar-refractivity contribution in [1.82, 2.24) is 5.32 Å². The molecule has 1 fully saturated rings. The number of nitrogens with one attached hydrogen (secondary N) is 2. The van der Waals surface area contributed by atoms with Crippen molar-refractivity contribution in [2.45, 2.75) is 6.42 Å². The minimum Gasteiger partial charge on any atom is -0.478 e. The number of carboxylic acids is 1. The Morgan fingerprint density at radius 1 is 1.44 bits per heavy atom. The molecule has 1 saturated heterocycles. The smallest absolute Gasteiger partial charge is 0.335 e. The molecule has 1 amide bonds. The van der Waals surface area contributed by atoms with Gasteiger partial charge in [0.15, 0.2) is 0 Å². The van der Waals surface area contributed by atoms with Crippen LogP contribution in [0.1, 0.15) is 16.8 Å². The minimum absolute atomic E-state index is 0.0175. The molecule has 0 spiro atoms. The molecule has 1 aromatic carbocycles.